The predicted molar refractivity (Wildman–Crippen MR) is 111 cm³/mol. The molecule has 28 heavy (non-hydrogen) atoms. The fourth-order valence-corrected chi connectivity index (χ4v) is 7.06. The van der Waals surface area contributed by atoms with Crippen LogP contribution in [0.5, 0.6) is 5.75 Å². The third-order valence-electron chi connectivity index (χ3n) is 4.72. The lowest BCUT2D eigenvalue weighted by Gasteiger charge is -2.22. The van der Waals surface area contributed by atoms with Crippen molar-refractivity contribution in [2.75, 3.05) is 19.0 Å². The molecule has 0 spiro atoms. The SMILES string of the molecule is COc1ccc(C)c2sc(NC(=O)C3CCCN3S(=O)(=O)c3cccs3)nc12. The summed E-state index contributed by atoms with van der Waals surface area (Å²) in [7, 11) is -2.09. The van der Waals surface area contributed by atoms with Crippen LogP contribution < -0.4 is 10.1 Å². The molecule has 1 amide bonds. The molecular weight excluding hydrogens is 418 g/mol. The highest BCUT2D eigenvalue weighted by molar-refractivity contribution is 7.91. The van der Waals surface area contributed by atoms with Gasteiger partial charge in [0.05, 0.1) is 11.8 Å². The highest BCUT2D eigenvalue weighted by Gasteiger charge is 2.40. The van der Waals surface area contributed by atoms with Crippen molar-refractivity contribution in [2.45, 2.75) is 30.0 Å². The van der Waals surface area contributed by atoms with Crippen LogP contribution in [-0.4, -0.2) is 43.3 Å². The van der Waals surface area contributed by atoms with Crippen LogP contribution in [0.2, 0.25) is 0 Å². The Morgan fingerprint density at radius 2 is 2.18 bits per heavy atom. The number of thiophene rings is 1. The molecule has 0 aliphatic carbocycles. The second kappa shape index (κ2) is 7.43. The Bertz CT molecular complexity index is 1120. The smallest absolute Gasteiger partial charge is 0.253 e. The number of hydrogen-bond donors (Lipinski definition) is 1. The van der Waals surface area contributed by atoms with E-state index in [1.54, 1.807) is 24.6 Å². The van der Waals surface area contributed by atoms with E-state index in [1.807, 2.05) is 19.1 Å². The first-order valence-corrected chi connectivity index (χ1v) is 11.9. The van der Waals surface area contributed by atoms with Crippen molar-refractivity contribution in [3.63, 3.8) is 0 Å². The largest absolute Gasteiger partial charge is 0.494 e. The van der Waals surface area contributed by atoms with Gasteiger partial charge in [0.25, 0.3) is 10.0 Å². The van der Waals surface area contributed by atoms with E-state index >= 15 is 0 Å². The molecular formula is C18H19N3O4S3. The van der Waals surface area contributed by atoms with Crippen molar-refractivity contribution in [3.05, 3.63) is 35.2 Å². The minimum atomic E-state index is -3.67. The van der Waals surface area contributed by atoms with Gasteiger partial charge in [-0.15, -0.1) is 11.3 Å². The summed E-state index contributed by atoms with van der Waals surface area (Å²) in [5.41, 5.74) is 1.73. The van der Waals surface area contributed by atoms with E-state index in [-0.39, 0.29) is 10.1 Å². The molecule has 4 rings (SSSR count). The number of carbonyl (C=O) groups is 1. The molecule has 7 nitrogen and oxygen atoms in total. The Labute approximate surface area is 171 Å². The molecule has 1 fully saturated rings. The van der Waals surface area contributed by atoms with Crippen LogP contribution in [0.3, 0.4) is 0 Å². The van der Waals surface area contributed by atoms with Crippen molar-refractivity contribution in [2.24, 2.45) is 0 Å². The molecule has 0 radical (unpaired) electrons. The molecule has 0 bridgehead atoms. The maximum absolute atomic E-state index is 12.9. The monoisotopic (exact) mass is 437 g/mol. The first kappa shape index (κ1) is 19.3. The highest BCUT2D eigenvalue weighted by Crippen LogP contribution is 2.35. The van der Waals surface area contributed by atoms with Gasteiger partial charge < -0.3 is 10.1 Å². The van der Waals surface area contributed by atoms with Crippen LogP contribution in [0.1, 0.15) is 18.4 Å². The summed E-state index contributed by atoms with van der Waals surface area (Å²) >= 11 is 2.52. The third kappa shape index (κ3) is 3.30. The average molecular weight is 438 g/mol. The first-order chi connectivity index (χ1) is 13.4. The molecule has 3 aromatic rings. The van der Waals surface area contributed by atoms with E-state index in [1.165, 1.54) is 15.6 Å². The number of anilines is 1. The number of benzene rings is 1. The summed E-state index contributed by atoms with van der Waals surface area (Å²) in [6, 6.07) is 6.31. The van der Waals surface area contributed by atoms with E-state index in [4.69, 9.17) is 4.74 Å². The normalized spacial score (nSPS) is 17.9. The number of carbonyl (C=O) groups excluding carboxylic acids is 1. The third-order valence-corrected chi connectivity index (χ3v) is 9.11. The van der Waals surface area contributed by atoms with Crippen LogP contribution in [0.4, 0.5) is 5.13 Å². The summed E-state index contributed by atoms with van der Waals surface area (Å²) < 4.78 is 33.6. The molecule has 1 aliphatic heterocycles. The number of nitrogens with one attached hydrogen (secondary N) is 1. The predicted octanol–water partition coefficient (Wildman–Crippen LogP) is 3.47. The standard InChI is InChI=1S/C18H19N3O4S3/c1-11-7-8-13(25-2)15-16(11)27-18(19-15)20-17(22)12-5-3-9-21(12)28(23,24)14-6-4-10-26-14/h4,6-8,10,12H,3,5,9H2,1-2H3,(H,19,20,22). The minimum absolute atomic E-state index is 0.257. The molecule has 10 heteroatoms. The number of sulfonamides is 1. The molecule has 1 unspecified atom stereocenters. The Kier molecular flexibility index (Phi) is 5.13. The van der Waals surface area contributed by atoms with E-state index in [2.05, 4.69) is 10.3 Å². The number of thiazole rings is 1. The van der Waals surface area contributed by atoms with Gasteiger partial charge >= 0.3 is 0 Å². The van der Waals surface area contributed by atoms with Crippen LogP contribution in [0.25, 0.3) is 10.2 Å². The van der Waals surface area contributed by atoms with E-state index in [0.29, 0.717) is 35.8 Å². The van der Waals surface area contributed by atoms with Crippen molar-refractivity contribution < 1.29 is 17.9 Å². The zero-order valence-corrected chi connectivity index (χ0v) is 17.8. The van der Waals surface area contributed by atoms with Crippen molar-refractivity contribution in [3.8, 4) is 5.75 Å². The lowest BCUT2D eigenvalue weighted by Crippen LogP contribution is -2.42. The number of methoxy groups -OCH3 is 1. The maximum Gasteiger partial charge on any atom is 0.253 e. The maximum atomic E-state index is 12.9. The number of ether oxygens (including phenoxy) is 1. The Hall–Kier alpha value is -2.01. The van der Waals surface area contributed by atoms with E-state index in [0.717, 1.165) is 21.6 Å². The zero-order valence-electron chi connectivity index (χ0n) is 15.3. The molecule has 1 N–H and O–H groups in total. The second-order valence-electron chi connectivity index (χ2n) is 6.48. The molecule has 3 heterocycles. The topological polar surface area (TPSA) is 88.6 Å². The van der Waals surface area contributed by atoms with Gasteiger partial charge in [0.2, 0.25) is 5.91 Å². The fraction of sp³-hybridized carbons (Fsp3) is 0.333. The van der Waals surface area contributed by atoms with Gasteiger partial charge in [-0.05, 0) is 42.8 Å². The molecule has 1 aliphatic rings. The van der Waals surface area contributed by atoms with Crippen LogP contribution >= 0.6 is 22.7 Å². The zero-order chi connectivity index (χ0) is 19.9. The minimum Gasteiger partial charge on any atom is -0.494 e. The first-order valence-electron chi connectivity index (χ1n) is 8.72. The van der Waals surface area contributed by atoms with Crippen molar-refractivity contribution in [1.29, 1.82) is 0 Å². The molecule has 1 aromatic carbocycles. The molecule has 0 saturated carbocycles. The summed E-state index contributed by atoms with van der Waals surface area (Å²) in [5.74, 6) is 0.286. The molecule has 148 valence electrons. The van der Waals surface area contributed by atoms with Gasteiger partial charge in [-0.25, -0.2) is 13.4 Å². The fourth-order valence-electron chi connectivity index (χ4n) is 3.33. The molecule has 1 saturated heterocycles. The quantitative estimate of drug-likeness (QED) is 0.660. The lowest BCUT2D eigenvalue weighted by atomic mass is 10.2. The number of nitrogens with zero attached hydrogens (tertiary/aromatic N) is 2. The summed E-state index contributed by atoms with van der Waals surface area (Å²) in [4.78, 5) is 17.4. The van der Waals surface area contributed by atoms with Crippen LogP contribution in [-0.2, 0) is 14.8 Å². The number of aromatic nitrogens is 1. The number of amides is 1. The summed E-state index contributed by atoms with van der Waals surface area (Å²) in [6.07, 6.45) is 1.14. The van der Waals surface area contributed by atoms with Gasteiger partial charge in [-0.2, -0.15) is 4.31 Å². The van der Waals surface area contributed by atoms with E-state index < -0.39 is 16.1 Å². The Morgan fingerprint density at radius 3 is 2.89 bits per heavy atom. The second-order valence-corrected chi connectivity index (χ2v) is 10.5. The number of aryl methyl sites for hydroxylation is 1. The van der Waals surface area contributed by atoms with Gasteiger partial charge in [0.1, 0.15) is 21.5 Å². The molecule has 1 atom stereocenters. The number of rotatable bonds is 5. The Balaban J connectivity index is 1.60. The van der Waals surface area contributed by atoms with Gasteiger partial charge in [0, 0.05) is 6.54 Å². The molecule has 2 aromatic heterocycles. The summed E-state index contributed by atoms with van der Waals surface area (Å²) in [6.45, 7) is 2.31. The van der Waals surface area contributed by atoms with Crippen molar-refractivity contribution >= 4 is 54.0 Å². The highest BCUT2D eigenvalue weighted by atomic mass is 32.2. The van der Waals surface area contributed by atoms with Gasteiger partial charge in [-0.3, -0.25) is 4.79 Å². The van der Waals surface area contributed by atoms with Gasteiger partial charge in [0.15, 0.2) is 5.13 Å². The average Bonchev–Trinajstić information content (AvgIpc) is 3.41. The number of hydrogen-bond acceptors (Lipinski definition) is 7. The van der Waals surface area contributed by atoms with Crippen LogP contribution in [0.15, 0.2) is 33.9 Å². The Morgan fingerprint density at radius 1 is 1.36 bits per heavy atom. The van der Waals surface area contributed by atoms with Crippen LogP contribution in [0, 0.1) is 6.92 Å². The number of fused-ring (bicyclic) bond motifs is 1. The van der Waals surface area contributed by atoms with E-state index in [9.17, 15) is 13.2 Å². The van der Waals surface area contributed by atoms with Crippen molar-refractivity contribution in [1.82, 2.24) is 9.29 Å². The summed E-state index contributed by atoms with van der Waals surface area (Å²) in [5, 5.41) is 4.96. The van der Waals surface area contributed by atoms with Gasteiger partial charge in [-0.1, -0.05) is 23.5 Å². The lowest BCUT2D eigenvalue weighted by molar-refractivity contribution is -0.119.